The van der Waals surface area contributed by atoms with Gasteiger partial charge < -0.3 is 10.1 Å². The van der Waals surface area contributed by atoms with Crippen LogP contribution in [0.3, 0.4) is 0 Å². The molecule has 4 rings (SSSR count). The van der Waals surface area contributed by atoms with Crippen molar-refractivity contribution in [2.24, 2.45) is 0 Å². The number of sulfonamides is 1. The minimum Gasteiger partial charge on any atom is -0.379 e. The van der Waals surface area contributed by atoms with Crippen molar-refractivity contribution < 1.29 is 17.9 Å². The lowest BCUT2D eigenvalue weighted by Crippen LogP contribution is -2.40. The first kappa shape index (κ1) is 22.2. The van der Waals surface area contributed by atoms with Gasteiger partial charge in [0, 0.05) is 19.6 Å². The zero-order chi connectivity index (χ0) is 22.7. The van der Waals surface area contributed by atoms with Crippen LogP contribution in [0.4, 0.5) is 0 Å². The standard InChI is InChI=1S/C23H26N4O4S/c1-17-4-3-5-20(14-17)27-18(2)22(16-25-27)23(28)24-15-19-6-8-21(9-7-19)32(29,30)26-10-12-31-13-11-26/h3-9,14,16H,10-13,15H2,1-2H3,(H,24,28). The fraction of sp³-hybridized carbons (Fsp3) is 0.304. The zero-order valence-corrected chi connectivity index (χ0v) is 18.9. The molecule has 1 fully saturated rings. The highest BCUT2D eigenvalue weighted by molar-refractivity contribution is 7.89. The quantitative estimate of drug-likeness (QED) is 0.618. The van der Waals surface area contributed by atoms with Gasteiger partial charge in [-0.2, -0.15) is 9.40 Å². The van der Waals surface area contributed by atoms with Gasteiger partial charge in [0.2, 0.25) is 10.0 Å². The molecule has 1 aromatic heterocycles. The number of nitrogens with one attached hydrogen (secondary N) is 1. The fourth-order valence-electron chi connectivity index (χ4n) is 3.65. The van der Waals surface area contributed by atoms with E-state index in [1.165, 1.54) is 4.31 Å². The number of hydrogen-bond acceptors (Lipinski definition) is 5. The monoisotopic (exact) mass is 454 g/mol. The van der Waals surface area contributed by atoms with Crippen molar-refractivity contribution in [2.75, 3.05) is 26.3 Å². The number of hydrogen-bond donors (Lipinski definition) is 1. The summed E-state index contributed by atoms with van der Waals surface area (Å²) >= 11 is 0. The Morgan fingerprint density at radius 2 is 1.81 bits per heavy atom. The Kier molecular flexibility index (Phi) is 6.40. The average Bonchev–Trinajstić information content (AvgIpc) is 3.19. The normalized spacial score (nSPS) is 14.9. The molecular formula is C23H26N4O4S. The van der Waals surface area contributed by atoms with Crippen LogP contribution in [0.25, 0.3) is 5.69 Å². The van der Waals surface area contributed by atoms with Gasteiger partial charge in [-0.15, -0.1) is 0 Å². The third-order valence-electron chi connectivity index (χ3n) is 5.48. The van der Waals surface area contributed by atoms with E-state index >= 15 is 0 Å². The predicted molar refractivity (Wildman–Crippen MR) is 120 cm³/mol. The summed E-state index contributed by atoms with van der Waals surface area (Å²) in [6.07, 6.45) is 1.56. The Morgan fingerprint density at radius 1 is 1.09 bits per heavy atom. The molecule has 9 heteroatoms. The zero-order valence-electron chi connectivity index (χ0n) is 18.1. The van der Waals surface area contributed by atoms with E-state index in [1.54, 1.807) is 35.1 Å². The van der Waals surface area contributed by atoms with E-state index in [1.807, 2.05) is 38.1 Å². The minimum absolute atomic E-state index is 0.230. The molecule has 168 valence electrons. The molecule has 8 nitrogen and oxygen atoms in total. The van der Waals surface area contributed by atoms with Crippen LogP contribution in [0.1, 0.15) is 27.2 Å². The number of aromatic nitrogens is 2. The van der Waals surface area contributed by atoms with Gasteiger partial charge in [-0.3, -0.25) is 4.79 Å². The topological polar surface area (TPSA) is 93.5 Å². The van der Waals surface area contributed by atoms with E-state index in [4.69, 9.17) is 4.74 Å². The highest BCUT2D eigenvalue weighted by Gasteiger charge is 2.26. The van der Waals surface area contributed by atoms with Crippen LogP contribution >= 0.6 is 0 Å². The van der Waals surface area contributed by atoms with Crippen LogP contribution in [0.2, 0.25) is 0 Å². The first-order chi connectivity index (χ1) is 15.4. The Bertz CT molecular complexity index is 1210. The van der Waals surface area contributed by atoms with Crippen molar-refractivity contribution in [3.63, 3.8) is 0 Å². The van der Waals surface area contributed by atoms with Gasteiger partial charge in [-0.05, 0) is 49.2 Å². The van der Waals surface area contributed by atoms with Crippen molar-refractivity contribution in [1.29, 1.82) is 0 Å². The number of morpholine rings is 1. The molecule has 2 aromatic carbocycles. The second-order valence-electron chi connectivity index (χ2n) is 7.74. The van der Waals surface area contributed by atoms with Crippen molar-refractivity contribution in [3.8, 4) is 5.69 Å². The second kappa shape index (κ2) is 9.23. The predicted octanol–water partition coefficient (Wildman–Crippen LogP) is 2.44. The Balaban J connectivity index is 1.41. The first-order valence-electron chi connectivity index (χ1n) is 10.4. The lowest BCUT2D eigenvalue weighted by molar-refractivity contribution is 0.0730. The molecule has 0 radical (unpaired) electrons. The van der Waals surface area contributed by atoms with E-state index in [-0.39, 0.29) is 17.3 Å². The van der Waals surface area contributed by atoms with Crippen molar-refractivity contribution in [1.82, 2.24) is 19.4 Å². The van der Waals surface area contributed by atoms with E-state index in [0.29, 0.717) is 31.9 Å². The molecule has 1 aliphatic rings. The number of benzene rings is 2. The van der Waals surface area contributed by atoms with E-state index in [9.17, 15) is 13.2 Å². The maximum Gasteiger partial charge on any atom is 0.255 e. The summed E-state index contributed by atoms with van der Waals surface area (Å²) in [4.78, 5) is 12.9. The third-order valence-corrected chi connectivity index (χ3v) is 7.40. The molecule has 3 aromatic rings. The maximum atomic E-state index is 12.7. The Labute approximate surface area is 187 Å². The molecule has 0 saturated carbocycles. The lowest BCUT2D eigenvalue weighted by atomic mass is 10.2. The van der Waals surface area contributed by atoms with Gasteiger partial charge in [0.1, 0.15) is 0 Å². The molecule has 1 N–H and O–H groups in total. The molecule has 0 bridgehead atoms. The molecule has 2 heterocycles. The van der Waals surface area contributed by atoms with Crippen molar-refractivity contribution in [3.05, 3.63) is 77.1 Å². The van der Waals surface area contributed by atoms with Crippen LogP contribution < -0.4 is 5.32 Å². The van der Waals surface area contributed by atoms with Crippen molar-refractivity contribution in [2.45, 2.75) is 25.3 Å². The Morgan fingerprint density at radius 3 is 2.50 bits per heavy atom. The molecule has 0 atom stereocenters. The molecular weight excluding hydrogens is 428 g/mol. The smallest absolute Gasteiger partial charge is 0.255 e. The fourth-order valence-corrected chi connectivity index (χ4v) is 5.05. The summed E-state index contributed by atoms with van der Waals surface area (Å²) in [5.41, 5.74) is 4.07. The van der Waals surface area contributed by atoms with Crippen LogP contribution in [-0.2, 0) is 21.3 Å². The summed E-state index contributed by atoms with van der Waals surface area (Å²) < 4.78 is 33.8. The largest absolute Gasteiger partial charge is 0.379 e. The molecule has 0 unspecified atom stereocenters. The van der Waals surface area contributed by atoms with Gasteiger partial charge in [0.25, 0.3) is 5.91 Å². The number of carbonyl (C=O) groups is 1. The summed E-state index contributed by atoms with van der Waals surface area (Å²) in [5, 5.41) is 7.25. The van der Waals surface area contributed by atoms with Gasteiger partial charge >= 0.3 is 0 Å². The summed E-state index contributed by atoms with van der Waals surface area (Å²) in [5.74, 6) is -0.230. The SMILES string of the molecule is Cc1cccc(-n2ncc(C(=O)NCc3ccc(S(=O)(=O)N4CCOCC4)cc3)c2C)c1. The number of amides is 1. The van der Waals surface area contributed by atoms with Gasteiger partial charge in [0.15, 0.2) is 0 Å². The number of rotatable bonds is 6. The molecule has 1 saturated heterocycles. The van der Waals surface area contributed by atoms with E-state index < -0.39 is 10.0 Å². The van der Waals surface area contributed by atoms with E-state index in [0.717, 1.165) is 22.5 Å². The molecule has 0 aliphatic carbocycles. The van der Waals surface area contributed by atoms with Crippen molar-refractivity contribution >= 4 is 15.9 Å². The van der Waals surface area contributed by atoms with Crippen LogP contribution in [0.5, 0.6) is 0 Å². The molecule has 1 aliphatic heterocycles. The van der Waals surface area contributed by atoms with Crippen LogP contribution in [0.15, 0.2) is 59.6 Å². The van der Waals surface area contributed by atoms with Crippen LogP contribution in [-0.4, -0.2) is 54.7 Å². The molecule has 1 amide bonds. The number of aryl methyl sites for hydroxylation is 1. The van der Waals surface area contributed by atoms with E-state index in [2.05, 4.69) is 10.4 Å². The summed E-state index contributed by atoms with van der Waals surface area (Å²) in [7, 11) is -3.53. The first-order valence-corrected chi connectivity index (χ1v) is 11.9. The van der Waals surface area contributed by atoms with Gasteiger partial charge in [-0.25, -0.2) is 13.1 Å². The molecule has 32 heavy (non-hydrogen) atoms. The minimum atomic E-state index is -3.53. The van der Waals surface area contributed by atoms with Gasteiger partial charge in [-0.1, -0.05) is 24.3 Å². The second-order valence-corrected chi connectivity index (χ2v) is 9.68. The molecule has 0 spiro atoms. The summed E-state index contributed by atoms with van der Waals surface area (Å²) in [6, 6.07) is 14.5. The summed E-state index contributed by atoms with van der Waals surface area (Å²) in [6.45, 7) is 5.67. The number of nitrogens with zero attached hydrogens (tertiary/aromatic N) is 3. The highest BCUT2D eigenvalue weighted by atomic mass is 32.2. The maximum absolute atomic E-state index is 12.7. The Hall–Kier alpha value is -3.01. The third kappa shape index (κ3) is 4.59. The van der Waals surface area contributed by atoms with Gasteiger partial charge in [0.05, 0.1) is 41.3 Å². The van der Waals surface area contributed by atoms with Crippen LogP contribution in [0, 0.1) is 13.8 Å². The number of carbonyl (C=O) groups excluding carboxylic acids is 1. The number of ether oxygens (including phenoxy) is 1. The highest BCUT2D eigenvalue weighted by Crippen LogP contribution is 2.18. The lowest BCUT2D eigenvalue weighted by Gasteiger charge is -2.26. The average molecular weight is 455 g/mol.